The Bertz CT molecular complexity index is 432. The van der Waals surface area contributed by atoms with Crippen molar-refractivity contribution in [1.82, 2.24) is 0 Å². The lowest BCUT2D eigenvalue weighted by Gasteiger charge is -2.08. The second-order valence-corrected chi connectivity index (χ2v) is 4.28. The van der Waals surface area contributed by atoms with Crippen molar-refractivity contribution < 1.29 is 9.59 Å². The zero-order chi connectivity index (χ0) is 14.1. The van der Waals surface area contributed by atoms with Crippen molar-refractivity contribution in [2.45, 2.75) is 32.6 Å². The van der Waals surface area contributed by atoms with Gasteiger partial charge in [-0.25, -0.2) is 0 Å². The fraction of sp³-hybridized carbons (Fsp3) is 0.429. The van der Waals surface area contributed by atoms with Gasteiger partial charge >= 0.3 is 0 Å². The first-order chi connectivity index (χ1) is 9.15. The van der Waals surface area contributed by atoms with E-state index in [2.05, 4.69) is 10.6 Å². The highest BCUT2D eigenvalue weighted by Gasteiger charge is 2.04. The van der Waals surface area contributed by atoms with E-state index in [-0.39, 0.29) is 11.8 Å². The zero-order valence-corrected chi connectivity index (χ0v) is 11.2. The van der Waals surface area contributed by atoms with E-state index < -0.39 is 0 Å². The van der Waals surface area contributed by atoms with Crippen LogP contribution >= 0.6 is 0 Å². The van der Waals surface area contributed by atoms with Gasteiger partial charge < -0.3 is 16.4 Å². The lowest BCUT2D eigenvalue weighted by Crippen LogP contribution is -2.13. The molecule has 0 aliphatic heterocycles. The minimum atomic E-state index is -0.0496. The lowest BCUT2D eigenvalue weighted by molar-refractivity contribution is -0.116. The van der Waals surface area contributed by atoms with E-state index in [4.69, 9.17) is 5.73 Å². The SMILES string of the molecule is CCC(=O)Nc1cccc(NC(=O)CCCCN)c1. The third-order valence-corrected chi connectivity index (χ3v) is 2.61. The van der Waals surface area contributed by atoms with Crippen LogP contribution in [0.2, 0.25) is 0 Å². The summed E-state index contributed by atoms with van der Waals surface area (Å²) in [5, 5.41) is 5.55. The summed E-state index contributed by atoms with van der Waals surface area (Å²) in [5.74, 6) is -0.0844. The van der Waals surface area contributed by atoms with Crippen molar-refractivity contribution in [3.8, 4) is 0 Å². The van der Waals surface area contributed by atoms with Gasteiger partial charge in [0.15, 0.2) is 0 Å². The summed E-state index contributed by atoms with van der Waals surface area (Å²) in [4.78, 5) is 22.9. The van der Waals surface area contributed by atoms with Gasteiger partial charge in [-0.1, -0.05) is 13.0 Å². The third-order valence-electron chi connectivity index (χ3n) is 2.61. The zero-order valence-electron chi connectivity index (χ0n) is 11.2. The minimum Gasteiger partial charge on any atom is -0.330 e. The van der Waals surface area contributed by atoms with Crippen molar-refractivity contribution >= 4 is 23.2 Å². The number of rotatable bonds is 7. The average Bonchev–Trinajstić information content (AvgIpc) is 2.39. The van der Waals surface area contributed by atoms with Crippen molar-refractivity contribution in [2.24, 2.45) is 5.73 Å². The molecule has 0 fully saturated rings. The van der Waals surface area contributed by atoms with E-state index >= 15 is 0 Å². The molecule has 0 aromatic heterocycles. The Morgan fingerprint density at radius 3 is 2.32 bits per heavy atom. The van der Waals surface area contributed by atoms with Crippen LogP contribution in [-0.4, -0.2) is 18.4 Å². The summed E-state index contributed by atoms with van der Waals surface area (Å²) < 4.78 is 0. The molecule has 0 unspecified atom stereocenters. The summed E-state index contributed by atoms with van der Waals surface area (Å²) in [6.07, 6.45) is 2.52. The van der Waals surface area contributed by atoms with Crippen LogP contribution < -0.4 is 16.4 Å². The molecule has 0 spiro atoms. The van der Waals surface area contributed by atoms with Crippen molar-refractivity contribution in [3.63, 3.8) is 0 Å². The normalized spacial score (nSPS) is 10.0. The van der Waals surface area contributed by atoms with Crippen LogP contribution in [-0.2, 0) is 9.59 Å². The molecule has 0 bridgehead atoms. The Labute approximate surface area is 113 Å². The van der Waals surface area contributed by atoms with Crippen molar-refractivity contribution in [2.75, 3.05) is 17.2 Å². The molecule has 1 aromatic rings. The molecule has 104 valence electrons. The lowest BCUT2D eigenvalue weighted by atomic mass is 10.2. The summed E-state index contributed by atoms with van der Waals surface area (Å²) >= 11 is 0. The molecular formula is C14H21N3O2. The number of carbonyl (C=O) groups excluding carboxylic acids is 2. The summed E-state index contributed by atoms with van der Waals surface area (Å²) in [5.41, 5.74) is 6.75. The summed E-state index contributed by atoms with van der Waals surface area (Å²) in [6, 6.07) is 7.12. The molecule has 0 saturated heterocycles. The molecule has 5 heteroatoms. The average molecular weight is 263 g/mol. The molecule has 5 nitrogen and oxygen atoms in total. The highest BCUT2D eigenvalue weighted by atomic mass is 16.2. The Kier molecular flexibility index (Phi) is 6.60. The number of hydrogen-bond acceptors (Lipinski definition) is 3. The molecule has 19 heavy (non-hydrogen) atoms. The molecule has 2 amide bonds. The van der Waals surface area contributed by atoms with E-state index in [1.54, 1.807) is 31.2 Å². The van der Waals surface area contributed by atoms with Crippen LogP contribution in [0.5, 0.6) is 0 Å². The molecule has 0 radical (unpaired) electrons. The van der Waals surface area contributed by atoms with E-state index in [0.29, 0.717) is 30.8 Å². The second kappa shape index (κ2) is 8.26. The minimum absolute atomic E-state index is 0.0348. The maximum Gasteiger partial charge on any atom is 0.224 e. The quantitative estimate of drug-likeness (QED) is 0.659. The molecule has 0 saturated carbocycles. The largest absolute Gasteiger partial charge is 0.330 e. The van der Waals surface area contributed by atoms with Crippen LogP contribution in [0, 0.1) is 0 Å². The Hall–Kier alpha value is -1.88. The first-order valence-corrected chi connectivity index (χ1v) is 6.55. The predicted octanol–water partition coefficient (Wildman–Crippen LogP) is 2.10. The number of nitrogens with two attached hydrogens (primary N) is 1. The number of hydrogen-bond donors (Lipinski definition) is 3. The highest BCUT2D eigenvalue weighted by Crippen LogP contribution is 2.15. The van der Waals surface area contributed by atoms with Gasteiger partial charge in [0.05, 0.1) is 0 Å². The maximum absolute atomic E-state index is 11.6. The van der Waals surface area contributed by atoms with Crippen LogP contribution in [0.15, 0.2) is 24.3 Å². The number of anilines is 2. The molecule has 0 heterocycles. The van der Waals surface area contributed by atoms with Crippen molar-refractivity contribution in [1.29, 1.82) is 0 Å². The van der Waals surface area contributed by atoms with Gasteiger partial charge in [0.1, 0.15) is 0 Å². The van der Waals surface area contributed by atoms with Gasteiger partial charge in [-0.15, -0.1) is 0 Å². The number of benzene rings is 1. The second-order valence-electron chi connectivity index (χ2n) is 4.28. The van der Waals surface area contributed by atoms with E-state index in [1.165, 1.54) is 0 Å². The molecule has 0 aliphatic rings. The third kappa shape index (κ3) is 6.01. The number of carbonyl (C=O) groups is 2. The van der Waals surface area contributed by atoms with E-state index in [0.717, 1.165) is 12.8 Å². The Morgan fingerprint density at radius 2 is 1.74 bits per heavy atom. The first-order valence-electron chi connectivity index (χ1n) is 6.55. The Balaban J connectivity index is 2.52. The fourth-order valence-corrected chi connectivity index (χ4v) is 1.58. The number of unbranched alkanes of at least 4 members (excludes halogenated alkanes) is 1. The van der Waals surface area contributed by atoms with Crippen LogP contribution in [0.4, 0.5) is 11.4 Å². The highest BCUT2D eigenvalue weighted by molar-refractivity contribution is 5.93. The van der Waals surface area contributed by atoms with Gasteiger partial charge in [-0.2, -0.15) is 0 Å². The van der Waals surface area contributed by atoms with Crippen LogP contribution in [0.1, 0.15) is 32.6 Å². The van der Waals surface area contributed by atoms with E-state index in [1.807, 2.05) is 0 Å². The fourth-order valence-electron chi connectivity index (χ4n) is 1.58. The van der Waals surface area contributed by atoms with Gasteiger partial charge in [0.2, 0.25) is 11.8 Å². The smallest absolute Gasteiger partial charge is 0.224 e. The molecule has 1 rings (SSSR count). The van der Waals surface area contributed by atoms with Crippen LogP contribution in [0.3, 0.4) is 0 Å². The van der Waals surface area contributed by atoms with Gasteiger partial charge in [-0.3, -0.25) is 9.59 Å². The molecule has 0 aliphatic carbocycles. The molecule has 1 aromatic carbocycles. The van der Waals surface area contributed by atoms with Gasteiger partial charge in [0, 0.05) is 24.2 Å². The standard InChI is InChI=1S/C14H21N3O2/c1-2-13(18)16-11-6-5-7-12(10-11)17-14(19)8-3-4-9-15/h5-7,10H,2-4,8-9,15H2,1H3,(H,16,18)(H,17,19). The van der Waals surface area contributed by atoms with Gasteiger partial charge in [-0.05, 0) is 37.6 Å². The molecular weight excluding hydrogens is 242 g/mol. The molecule has 0 atom stereocenters. The number of amides is 2. The predicted molar refractivity (Wildman–Crippen MR) is 76.9 cm³/mol. The van der Waals surface area contributed by atoms with Crippen molar-refractivity contribution in [3.05, 3.63) is 24.3 Å². The first kappa shape index (κ1) is 15.2. The van der Waals surface area contributed by atoms with Gasteiger partial charge in [0.25, 0.3) is 0 Å². The summed E-state index contributed by atoms with van der Waals surface area (Å²) in [7, 11) is 0. The topological polar surface area (TPSA) is 84.2 Å². The maximum atomic E-state index is 11.6. The molecule has 4 N–H and O–H groups in total. The Morgan fingerprint density at radius 1 is 1.11 bits per heavy atom. The van der Waals surface area contributed by atoms with E-state index in [9.17, 15) is 9.59 Å². The summed E-state index contributed by atoms with van der Waals surface area (Å²) in [6.45, 7) is 2.39. The monoisotopic (exact) mass is 263 g/mol. The van der Waals surface area contributed by atoms with Crippen LogP contribution in [0.25, 0.3) is 0 Å². The number of nitrogens with one attached hydrogen (secondary N) is 2.